The molecule has 0 spiro atoms. The Morgan fingerprint density at radius 2 is 1.83 bits per heavy atom. The normalized spacial score (nSPS) is 8.50. The molecule has 0 amide bonds. The van der Waals surface area contributed by atoms with Crippen LogP contribution in [0.5, 0.6) is 0 Å². The Kier molecular flexibility index (Phi) is 7.39. The lowest BCUT2D eigenvalue weighted by Crippen LogP contribution is -1.80. The van der Waals surface area contributed by atoms with Gasteiger partial charge in [0.2, 0.25) is 0 Å². The second kappa shape index (κ2) is 8.08. The smallest absolute Gasteiger partial charge is 0.0459 e. The van der Waals surface area contributed by atoms with E-state index in [1.54, 1.807) is 7.11 Å². The van der Waals surface area contributed by atoms with Gasteiger partial charge in [-0.2, -0.15) is 0 Å². The van der Waals surface area contributed by atoms with Crippen molar-refractivity contribution in [2.45, 2.75) is 13.3 Å². The molecule has 0 aromatic heterocycles. The lowest BCUT2D eigenvalue weighted by atomic mass is 10.3. The van der Waals surface area contributed by atoms with E-state index in [0.29, 0.717) is 0 Å². The predicted octanol–water partition coefficient (Wildman–Crippen LogP) is 2.31. The molecule has 0 fully saturated rings. The molecule has 0 saturated heterocycles. The van der Waals surface area contributed by atoms with Crippen molar-refractivity contribution in [2.24, 2.45) is 0 Å². The third-order valence-electron chi connectivity index (χ3n) is 1.21. The minimum atomic E-state index is 0.822. The average Bonchev–Trinajstić information content (AvgIpc) is 2.08. The molecule has 0 radical (unpaired) electrons. The van der Waals surface area contributed by atoms with Crippen molar-refractivity contribution < 1.29 is 4.74 Å². The highest BCUT2D eigenvalue weighted by Gasteiger charge is 1.72. The number of methoxy groups -OCH3 is 1. The Morgan fingerprint density at radius 1 is 1.25 bits per heavy atom. The van der Waals surface area contributed by atoms with E-state index in [1.165, 1.54) is 0 Å². The third kappa shape index (κ3) is 7.09. The van der Waals surface area contributed by atoms with Gasteiger partial charge in [-0.15, -0.1) is 0 Å². The molecular formula is C10H17NO. The number of hydrogen-bond acceptors (Lipinski definition) is 2. The number of benzene rings is 1. The summed E-state index contributed by atoms with van der Waals surface area (Å²) in [5.41, 5.74) is 6.18. The second-order valence-corrected chi connectivity index (χ2v) is 2.40. The van der Waals surface area contributed by atoms with Crippen LogP contribution >= 0.6 is 0 Å². The van der Waals surface area contributed by atoms with Crippen LogP contribution in [0.3, 0.4) is 0 Å². The number of anilines is 1. The molecule has 2 nitrogen and oxygen atoms in total. The molecule has 0 unspecified atom stereocenters. The van der Waals surface area contributed by atoms with Gasteiger partial charge in [0, 0.05) is 19.4 Å². The van der Waals surface area contributed by atoms with Crippen molar-refractivity contribution in [1.82, 2.24) is 0 Å². The minimum Gasteiger partial charge on any atom is -0.399 e. The molecule has 0 heterocycles. The number of nitrogens with two attached hydrogens (primary N) is 1. The lowest BCUT2D eigenvalue weighted by molar-refractivity contribution is 0.199. The molecule has 1 aromatic carbocycles. The molecule has 0 aliphatic carbocycles. The summed E-state index contributed by atoms with van der Waals surface area (Å²) >= 11 is 0. The first-order valence-corrected chi connectivity index (χ1v) is 4.10. The van der Waals surface area contributed by atoms with Crippen molar-refractivity contribution in [3.05, 3.63) is 30.3 Å². The highest BCUT2D eigenvalue weighted by Crippen LogP contribution is 1.95. The fraction of sp³-hybridized carbons (Fsp3) is 0.400. The van der Waals surface area contributed by atoms with Gasteiger partial charge in [0.25, 0.3) is 0 Å². The lowest BCUT2D eigenvalue weighted by Gasteiger charge is -1.84. The van der Waals surface area contributed by atoms with Crippen LogP contribution in [0.15, 0.2) is 30.3 Å². The predicted molar refractivity (Wildman–Crippen MR) is 53.0 cm³/mol. The maximum absolute atomic E-state index is 5.36. The van der Waals surface area contributed by atoms with Crippen LogP contribution in [-0.4, -0.2) is 13.7 Å². The van der Waals surface area contributed by atoms with E-state index in [0.717, 1.165) is 18.7 Å². The van der Waals surface area contributed by atoms with Crippen LogP contribution in [0, 0.1) is 0 Å². The van der Waals surface area contributed by atoms with Crippen LogP contribution in [-0.2, 0) is 4.74 Å². The average molecular weight is 167 g/mol. The van der Waals surface area contributed by atoms with Crippen LogP contribution in [0.4, 0.5) is 5.69 Å². The maximum Gasteiger partial charge on any atom is 0.0459 e. The zero-order chi connectivity index (χ0) is 9.23. The molecule has 68 valence electrons. The number of nitrogen functional groups attached to an aromatic ring is 1. The first kappa shape index (κ1) is 11.0. The summed E-state index contributed by atoms with van der Waals surface area (Å²) in [5, 5.41) is 0. The van der Waals surface area contributed by atoms with Crippen molar-refractivity contribution in [2.75, 3.05) is 19.5 Å². The Bertz CT molecular complexity index is 172. The number of hydrogen-bond donors (Lipinski definition) is 1. The number of ether oxygens (including phenoxy) is 1. The van der Waals surface area contributed by atoms with Gasteiger partial charge in [0.1, 0.15) is 0 Å². The zero-order valence-electron chi connectivity index (χ0n) is 7.79. The Labute approximate surface area is 74.4 Å². The first-order chi connectivity index (χ1) is 5.81. The van der Waals surface area contributed by atoms with Crippen LogP contribution < -0.4 is 5.73 Å². The SMILES string of the molecule is CCCOC.Nc1ccccc1. The molecule has 0 saturated carbocycles. The summed E-state index contributed by atoms with van der Waals surface area (Å²) in [6.45, 7) is 2.98. The first-order valence-electron chi connectivity index (χ1n) is 4.10. The molecule has 0 aliphatic heterocycles. The topological polar surface area (TPSA) is 35.2 Å². The van der Waals surface area contributed by atoms with Crippen LogP contribution in [0.25, 0.3) is 0 Å². The standard InChI is InChI=1S/C6H7N.C4H10O/c7-6-4-2-1-3-5-6;1-3-4-5-2/h1-5H,7H2;3-4H2,1-2H3. The van der Waals surface area contributed by atoms with Crippen LogP contribution in [0.1, 0.15) is 13.3 Å². The van der Waals surface area contributed by atoms with E-state index in [2.05, 4.69) is 6.92 Å². The van der Waals surface area contributed by atoms with Gasteiger partial charge in [0.15, 0.2) is 0 Å². The summed E-state index contributed by atoms with van der Waals surface area (Å²) in [6, 6.07) is 9.49. The van der Waals surface area contributed by atoms with Crippen molar-refractivity contribution >= 4 is 5.69 Å². The van der Waals surface area contributed by atoms with E-state index in [4.69, 9.17) is 10.5 Å². The second-order valence-electron chi connectivity index (χ2n) is 2.40. The van der Waals surface area contributed by atoms with Gasteiger partial charge in [-0.25, -0.2) is 0 Å². The molecule has 1 rings (SSSR count). The molecule has 2 heteroatoms. The van der Waals surface area contributed by atoms with E-state index in [9.17, 15) is 0 Å². The van der Waals surface area contributed by atoms with E-state index in [-0.39, 0.29) is 0 Å². The molecule has 0 aliphatic rings. The van der Waals surface area contributed by atoms with Gasteiger partial charge < -0.3 is 10.5 Å². The molecule has 0 bridgehead atoms. The fourth-order valence-corrected chi connectivity index (χ4v) is 0.657. The highest BCUT2D eigenvalue weighted by atomic mass is 16.5. The summed E-state index contributed by atoms with van der Waals surface area (Å²) in [6.07, 6.45) is 1.12. The van der Waals surface area contributed by atoms with Crippen LogP contribution in [0.2, 0.25) is 0 Å². The molecule has 0 atom stereocenters. The molecule has 12 heavy (non-hydrogen) atoms. The van der Waals surface area contributed by atoms with Gasteiger partial charge in [0.05, 0.1) is 0 Å². The van der Waals surface area contributed by atoms with Crippen molar-refractivity contribution in [1.29, 1.82) is 0 Å². The molecule has 2 N–H and O–H groups in total. The van der Waals surface area contributed by atoms with Gasteiger partial charge >= 0.3 is 0 Å². The maximum atomic E-state index is 5.36. The quantitative estimate of drug-likeness (QED) is 0.686. The molecular weight excluding hydrogens is 150 g/mol. The summed E-state index contributed by atoms with van der Waals surface area (Å²) in [4.78, 5) is 0. The summed E-state index contributed by atoms with van der Waals surface area (Å²) in [7, 11) is 1.71. The highest BCUT2D eigenvalue weighted by molar-refractivity contribution is 5.35. The van der Waals surface area contributed by atoms with Gasteiger partial charge in [-0.3, -0.25) is 0 Å². The number of rotatable bonds is 2. The van der Waals surface area contributed by atoms with E-state index in [1.807, 2.05) is 30.3 Å². The third-order valence-corrected chi connectivity index (χ3v) is 1.21. The fourth-order valence-electron chi connectivity index (χ4n) is 0.657. The Hall–Kier alpha value is -1.02. The Morgan fingerprint density at radius 3 is 2.00 bits per heavy atom. The van der Waals surface area contributed by atoms with Gasteiger partial charge in [-0.05, 0) is 18.6 Å². The van der Waals surface area contributed by atoms with Crippen molar-refractivity contribution in [3.8, 4) is 0 Å². The molecule has 1 aromatic rings. The van der Waals surface area contributed by atoms with E-state index >= 15 is 0 Å². The number of para-hydroxylation sites is 1. The van der Waals surface area contributed by atoms with Gasteiger partial charge in [-0.1, -0.05) is 25.1 Å². The van der Waals surface area contributed by atoms with E-state index < -0.39 is 0 Å². The zero-order valence-corrected chi connectivity index (χ0v) is 7.79. The Balaban J connectivity index is 0.000000217. The largest absolute Gasteiger partial charge is 0.399 e. The van der Waals surface area contributed by atoms with Crippen molar-refractivity contribution in [3.63, 3.8) is 0 Å². The monoisotopic (exact) mass is 167 g/mol. The summed E-state index contributed by atoms with van der Waals surface area (Å²) in [5.74, 6) is 0. The minimum absolute atomic E-state index is 0.822. The summed E-state index contributed by atoms with van der Waals surface area (Å²) < 4.78 is 4.69.